The largest absolute Gasteiger partial charge is 0.380 e. The van der Waals surface area contributed by atoms with Gasteiger partial charge in [0.2, 0.25) is 0 Å². The normalized spacial score (nSPS) is 10.3. The molecule has 0 aromatic carbocycles. The van der Waals surface area contributed by atoms with Crippen LogP contribution in [0.3, 0.4) is 0 Å². The van der Waals surface area contributed by atoms with E-state index >= 15 is 0 Å². The summed E-state index contributed by atoms with van der Waals surface area (Å²) < 4.78 is 0.831. The molecule has 0 amide bonds. The monoisotopic (exact) mass is 238 g/mol. The van der Waals surface area contributed by atoms with Crippen LogP contribution in [0.1, 0.15) is 10.6 Å². The summed E-state index contributed by atoms with van der Waals surface area (Å²) in [6.07, 6.45) is 1.80. The minimum absolute atomic E-state index is 0.806. The summed E-state index contributed by atoms with van der Waals surface area (Å²) in [6.45, 7) is 2.79. The number of thiophene rings is 1. The first-order valence-corrected chi connectivity index (χ1v) is 5.84. The number of rotatable bonds is 3. The van der Waals surface area contributed by atoms with Gasteiger partial charge in [0.15, 0.2) is 0 Å². The van der Waals surface area contributed by atoms with Crippen LogP contribution >= 0.6 is 22.9 Å². The molecule has 2 nitrogen and oxygen atoms in total. The molecule has 0 bridgehead atoms. The topological polar surface area (TPSA) is 24.9 Å². The fraction of sp³-hybridized carbons (Fsp3) is 0.182. The third-order valence-electron chi connectivity index (χ3n) is 1.99. The van der Waals surface area contributed by atoms with Crippen LogP contribution in [0.25, 0.3) is 0 Å². The molecule has 1 N–H and O–H groups in total. The molecular formula is C11H11ClN2S. The van der Waals surface area contributed by atoms with Crippen LogP contribution in [0.4, 0.5) is 5.69 Å². The van der Waals surface area contributed by atoms with Gasteiger partial charge in [0, 0.05) is 29.0 Å². The number of nitrogens with one attached hydrogen (secondary N) is 1. The molecule has 2 heterocycles. The zero-order valence-electron chi connectivity index (χ0n) is 8.33. The maximum absolute atomic E-state index is 5.85. The van der Waals surface area contributed by atoms with Gasteiger partial charge in [-0.25, -0.2) is 0 Å². The first kappa shape index (κ1) is 10.5. The van der Waals surface area contributed by atoms with Gasteiger partial charge in [0.1, 0.15) is 0 Å². The molecule has 0 aliphatic heterocycles. The Morgan fingerprint density at radius 1 is 1.40 bits per heavy atom. The van der Waals surface area contributed by atoms with Crippen LogP contribution < -0.4 is 5.32 Å². The highest BCUT2D eigenvalue weighted by atomic mass is 35.5. The molecule has 0 saturated heterocycles. The van der Waals surface area contributed by atoms with Crippen LogP contribution in [0, 0.1) is 6.92 Å². The van der Waals surface area contributed by atoms with E-state index in [4.69, 9.17) is 11.6 Å². The molecule has 0 fully saturated rings. The Hall–Kier alpha value is -1.06. The summed E-state index contributed by atoms with van der Waals surface area (Å²) in [4.78, 5) is 5.37. The SMILES string of the molecule is Cc1cc(NCc2ccc(Cl)s2)ccn1. The quantitative estimate of drug-likeness (QED) is 0.882. The lowest BCUT2D eigenvalue weighted by molar-refractivity contribution is 1.15. The van der Waals surface area contributed by atoms with Crippen LogP contribution in [-0.2, 0) is 6.54 Å². The number of hydrogen-bond donors (Lipinski definition) is 1. The smallest absolute Gasteiger partial charge is 0.0931 e. The number of aryl methyl sites for hydroxylation is 1. The molecule has 2 rings (SSSR count). The predicted octanol–water partition coefficient (Wildman–Crippen LogP) is 3.72. The van der Waals surface area contributed by atoms with Crippen LogP contribution in [0.5, 0.6) is 0 Å². The van der Waals surface area contributed by atoms with E-state index in [1.54, 1.807) is 17.5 Å². The van der Waals surface area contributed by atoms with E-state index in [2.05, 4.69) is 10.3 Å². The standard InChI is InChI=1S/C11H11ClN2S/c1-8-6-9(4-5-13-8)14-7-10-2-3-11(12)15-10/h2-6H,7H2,1H3,(H,13,14). The molecule has 2 aromatic heterocycles. The lowest BCUT2D eigenvalue weighted by atomic mass is 10.3. The van der Waals surface area contributed by atoms with E-state index in [0.717, 1.165) is 22.3 Å². The zero-order chi connectivity index (χ0) is 10.7. The summed E-state index contributed by atoms with van der Waals surface area (Å²) in [7, 11) is 0. The van der Waals surface area contributed by atoms with Crippen molar-refractivity contribution < 1.29 is 0 Å². The van der Waals surface area contributed by atoms with Crippen molar-refractivity contribution in [2.45, 2.75) is 13.5 Å². The third-order valence-corrected chi connectivity index (χ3v) is 3.22. The molecule has 0 spiro atoms. The van der Waals surface area contributed by atoms with Crippen molar-refractivity contribution in [2.24, 2.45) is 0 Å². The second-order valence-corrected chi connectivity index (χ2v) is 5.04. The molecule has 0 unspecified atom stereocenters. The second kappa shape index (κ2) is 4.64. The van der Waals surface area contributed by atoms with Gasteiger partial charge in [0.05, 0.1) is 4.34 Å². The van der Waals surface area contributed by atoms with Crippen molar-refractivity contribution in [3.8, 4) is 0 Å². The Kier molecular flexibility index (Phi) is 3.23. The Morgan fingerprint density at radius 2 is 2.27 bits per heavy atom. The van der Waals surface area contributed by atoms with Crippen LogP contribution in [0.2, 0.25) is 4.34 Å². The van der Waals surface area contributed by atoms with E-state index in [0.29, 0.717) is 0 Å². The highest BCUT2D eigenvalue weighted by Gasteiger charge is 1.98. The van der Waals surface area contributed by atoms with E-state index in [9.17, 15) is 0 Å². The van der Waals surface area contributed by atoms with Gasteiger partial charge in [-0.2, -0.15) is 0 Å². The highest BCUT2D eigenvalue weighted by molar-refractivity contribution is 7.16. The molecule has 78 valence electrons. The van der Waals surface area contributed by atoms with Crippen molar-refractivity contribution in [3.05, 3.63) is 45.4 Å². The average molecular weight is 239 g/mol. The van der Waals surface area contributed by atoms with Gasteiger partial charge >= 0.3 is 0 Å². The number of hydrogen-bond acceptors (Lipinski definition) is 3. The maximum atomic E-state index is 5.85. The molecule has 4 heteroatoms. The maximum Gasteiger partial charge on any atom is 0.0931 e. The molecule has 0 saturated carbocycles. The van der Waals surface area contributed by atoms with E-state index < -0.39 is 0 Å². The first-order valence-electron chi connectivity index (χ1n) is 4.65. The lowest BCUT2D eigenvalue weighted by Gasteiger charge is -2.04. The minimum Gasteiger partial charge on any atom is -0.380 e. The first-order chi connectivity index (χ1) is 7.24. The van der Waals surface area contributed by atoms with Crippen molar-refractivity contribution in [1.82, 2.24) is 4.98 Å². The number of nitrogens with zero attached hydrogens (tertiary/aromatic N) is 1. The molecule has 0 aliphatic rings. The van der Waals surface area contributed by atoms with Gasteiger partial charge in [-0.05, 0) is 31.2 Å². The predicted molar refractivity (Wildman–Crippen MR) is 65.6 cm³/mol. The Balaban J connectivity index is 1.99. The van der Waals surface area contributed by atoms with Crippen LogP contribution in [0.15, 0.2) is 30.5 Å². The molecular weight excluding hydrogens is 228 g/mol. The minimum atomic E-state index is 0.806. The molecule has 2 aromatic rings. The van der Waals surface area contributed by atoms with Gasteiger partial charge < -0.3 is 5.32 Å². The molecule has 0 atom stereocenters. The van der Waals surface area contributed by atoms with Crippen molar-refractivity contribution in [1.29, 1.82) is 0 Å². The fourth-order valence-corrected chi connectivity index (χ4v) is 2.32. The summed E-state index contributed by atoms with van der Waals surface area (Å²) in [5.41, 5.74) is 2.11. The summed E-state index contributed by atoms with van der Waals surface area (Å²) in [5, 5.41) is 3.33. The number of aromatic nitrogens is 1. The highest BCUT2D eigenvalue weighted by Crippen LogP contribution is 2.22. The molecule has 0 radical (unpaired) electrons. The number of pyridine rings is 1. The molecule has 15 heavy (non-hydrogen) atoms. The van der Waals surface area contributed by atoms with E-state index in [1.807, 2.05) is 31.2 Å². The Morgan fingerprint density at radius 3 is 2.93 bits per heavy atom. The zero-order valence-corrected chi connectivity index (χ0v) is 9.90. The number of anilines is 1. The van der Waals surface area contributed by atoms with Crippen molar-refractivity contribution >= 4 is 28.6 Å². The van der Waals surface area contributed by atoms with Crippen LogP contribution in [-0.4, -0.2) is 4.98 Å². The molecule has 0 aliphatic carbocycles. The second-order valence-electron chi connectivity index (χ2n) is 3.25. The number of halogens is 1. The Labute approximate surface area is 97.9 Å². The third kappa shape index (κ3) is 2.94. The lowest BCUT2D eigenvalue weighted by Crippen LogP contribution is -1.97. The summed E-state index contributed by atoms with van der Waals surface area (Å²) in [5.74, 6) is 0. The average Bonchev–Trinajstić information content (AvgIpc) is 2.62. The fourth-order valence-electron chi connectivity index (χ4n) is 1.29. The van der Waals surface area contributed by atoms with Gasteiger partial charge in [-0.15, -0.1) is 11.3 Å². The van der Waals surface area contributed by atoms with Gasteiger partial charge in [-0.1, -0.05) is 11.6 Å². The summed E-state index contributed by atoms with van der Waals surface area (Å²) >= 11 is 7.45. The van der Waals surface area contributed by atoms with Crippen molar-refractivity contribution in [3.63, 3.8) is 0 Å². The summed E-state index contributed by atoms with van der Waals surface area (Å²) in [6, 6.07) is 7.94. The van der Waals surface area contributed by atoms with E-state index in [-0.39, 0.29) is 0 Å². The Bertz CT molecular complexity index is 453. The van der Waals surface area contributed by atoms with Gasteiger partial charge in [-0.3, -0.25) is 4.98 Å². The van der Waals surface area contributed by atoms with E-state index in [1.165, 1.54) is 4.88 Å². The van der Waals surface area contributed by atoms with Crippen molar-refractivity contribution in [2.75, 3.05) is 5.32 Å². The van der Waals surface area contributed by atoms with Gasteiger partial charge in [0.25, 0.3) is 0 Å².